The van der Waals surface area contributed by atoms with Crippen LogP contribution in [0.3, 0.4) is 0 Å². The summed E-state index contributed by atoms with van der Waals surface area (Å²) in [5.74, 6) is 0. The van der Waals surface area contributed by atoms with Crippen LogP contribution in [0.2, 0.25) is 0 Å². The van der Waals surface area contributed by atoms with Crippen molar-refractivity contribution in [2.45, 2.75) is 37.4 Å². The highest BCUT2D eigenvalue weighted by molar-refractivity contribution is 7.98. The first kappa shape index (κ1) is 15.0. The molecule has 2 aromatic rings. The molecule has 0 spiro atoms. The molecule has 1 aliphatic heterocycles. The number of rotatable bonds is 5. The zero-order valence-corrected chi connectivity index (χ0v) is 14.2. The Bertz CT molecular complexity index is 579. The number of hydrogen-bond acceptors (Lipinski definition) is 5. The number of likely N-dealkylation sites (tertiary alicyclic amines) is 1. The molecule has 1 fully saturated rings. The summed E-state index contributed by atoms with van der Waals surface area (Å²) in [5.41, 5.74) is 2.58. The van der Waals surface area contributed by atoms with E-state index in [0.29, 0.717) is 0 Å². The molecule has 0 bridgehead atoms. The summed E-state index contributed by atoms with van der Waals surface area (Å²) in [6.45, 7) is 4.78. The fourth-order valence-electron chi connectivity index (χ4n) is 2.82. The lowest BCUT2D eigenvalue weighted by atomic mass is 10.1. The summed E-state index contributed by atoms with van der Waals surface area (Å²) in [5, 5.41) is 1.88. The maximum atomic E-state index is 4.51. The Kier molecular flexibility index (Phi) is 4.93. The van der Waals surface area contributed by atoms with Gasteiger partial charge in [-0.3, -0.25) is 0 Å². The van der Waals surface area contributed by atoms with Crippen molar-refractivity contribution in [1.29, 1.82) is 0 Å². The van der Waals surface area contributed by atoms with Crippen molar-refractivity contribution in [3.63, 3.8) is 0 Å². The molecule has 0 aliphatic carbocycles. The summed E-state index contributed by atoms with van der Waals surface area (Å²) in [6, 6.07) is 9.57. The highest BCUT2D eigenvalue weighted by Gasteiger charge is 2.19. The van der Waals surface area contributed by atoms with Crippen molar-refractivity contribution in [2.24, 2.45) is 0 Å². The van der Waals surface area contributed by atoms with Crippen molar-refractivity contribution in [2.75, 3.05) is 19.3 Å². The molecule has 0 amide bonds. The number of thioether (sulfide) groups is 1. The molecule has 1 aliphatic rings. The van der Waals surface area contributed by atoms with Crippen LogP contribution in [-0.4, -0.2) is 39.6 Å². The maximum absolute atomic E-state index is 4.51. The lowest BCUT2D eigenvalue weighted by molar-refractivity contribution is 0.272. The molecule has 1 saturated heterocycles. The van der Waals surface area contributed by atoms with E-state index >= 15 is 0 Å². The first-order chi connectivity index (χ1) is 10.3. The molecule has 21 heavy (non-hydrogen) atoms. The molecule has 0 N–H and O–H groups in total. The van der Waals surface area contributed by atoms with Gasteiger partial charge in [-0.05, 0) is 56.1 Å². The summed E-state index contributed by atoms with van der Waals surface area (Å²) in [4.78, 5) is 7.11. The largest absolute Gasteiger partial charge is 0.300 e. The van der Waals surface area contributed by atoms with E-state index in [-0.39, 0.29) is 0 Å². The van der Waals surface area contributed by atoms with Gasteiger partial charge < -0.3 is 4.90 Å². The summed E-state index contributed by atoms with van der Waals surface area (Å²) in [7, 11) is 0. The Hall–Kier alpha value is -0.910. The quantitative estimate of drug-likeness (QED) is 0.780. The molecule has 5 heteroatoms. The van der Waals surface area contributed by atoms with E-state index in [9.17, 15) is 0 Å². The predicted octanol–water partition coefficient (Wildman–Crippen LogP) is 3.95. The number of benzene rings is 1. The fourth-order valence-corrected chi connectivity index (χ4v) is 4.05. The van der Waals surface area contributed by atoms with Crippen molar-refractivity contribution in [3.05, 3.63) is 29.8 Å². The Balaban J connectivity index is 1.61. The minimum atomic E-state index is 0.760. The van der Waals surface area contributed by atoms with E-state index in [1.165, 1.54) is 48.6 Å². The van der Waals surface area contributed by atoms with Crippen molar-refractivity contribution in [1.82, 2.24) is 14.3 Å². The Morgan fingerprint density at radius 1 is 1.33 bits per heavy atom. The minimum Gasteiger partial charge on any atom is -0.300 e. The van der Waals surface area contributed by atoms with Crippen molar-refractivity contribution >= 4 is 23.3 Å². The summed E-state index contributed by atoms with van der Waals surface area (Å²) < 4.78 is 4.32. The third-order valence-electron chi connectivity index (χ3n) is 4.17. The van der Waals surface area contributed by atoms with Gasteiger partial charge in [-0.2, -0.15) is 4.37 Å². The Morgan fingerprint density at radius 2 is 2.14 bits per heavy atom. The third-order valence-corrected chi connectivity index (χ3v) is 5.60. The summed E-state index contributed by atoms with van der Waals surface area (Å²) in [6.07, 6.45) is 5.85. The molecule has 1 unspecified atom stereocenters. The van der Waals surface area contributed by atoms with E-state index in [2.05, 4.69) is 45.4 Å². The van der Waals surface area contributed by atoms with Gasteiger partial charge in [0.05, 0.1) is 0 Å². The van der Waals surface area contributed by atoms with Gasteiger partial charge in [-0.25, -0.2) is 4.98 Å². The molecule has 3 rings (SSSR count). The second-order valence-corrected chi connectivity index (χ2v) is 7.09. The van der Waals surface area contributed by atoms with Crippen LogP contribution in [0.15, 0.2) is 29.4 Å². The normalized spacial score (nSPS) is 19.2. The van der Waals surface area contributed by atoms with E-state index in [4.69, 9.17) is 0 Å². The maximum Gasteiger partial charge on any atom is 0.200 e. The lowest BCUT2D eigenvalue weighted by Gasteiger charge is -2.20. The second kappa shape index (κ2) is 6.90. The Morgan fingerprint density at radius 3 is 2.76 bits per heavy atom. The molecule has 3 nitrogen and oxygen atoms in total. The highest BCUT2D eigenvalue weighted by Crippen LogP contribution is 2.25. The van der Waals surface area contributed by atoms with E-state index in [1.807, 2.05) is 6.26 Å². The zero-order chi connectivity index (χ0) is 14.7. The van der Waals surface area contributed by atoms with Gasteiger partial charge in [0, 0.05) is 18.2 Å². The smallest absolute Gasteiger partial charge is 0.200 e. The van der Waals surface area contributed by atoms with Crippen LogP contribution in [0.4, 0.5) is 0 Å². The zero-order valence-electron chi connectivity index (χ0n) is 12.6. The molecule has 1 aromatic carbocycles. The van der Waals surface area contributed by atoms with Crippen LogP contribution in [0.25, 0.3) is 10.6 Å². The minimum absolute atomic E-state index is 0.760. The topological polar surface area (TPSA) is 29.0 Å². The number of nitrogens with zero attached hydrogens (tertiary/aromatic N) is 3. The standard InChI is InChI=1S/C16H21N3S2/c1-12-4-3-10-19(12)11-9-13-5-7-14(8-6-13)15-17-16(20-2)18-21-15/h5-8,12H,3-4,9-11H2,1-2H3. The predicted molar refractivity (Wildman–Crippen MR) is 91.1 cm³/mol. The monoisotopic (exact) mass is 319 g/mol. The number of hydrogen-bond donors (Lipinski definition) is 0. The molecule has 112 valence electrons. The molecule has 2 heterocycles. The van der Waals surface area contributed by atoms with Gasteiger partial charge >= 0.3 is 0 Å². The van der Waals surface area contributed by atoms with Crippen molar-refractivity contribution < 1.29 is 0 Å². The number of aromatic nitrogens is 2. The average Bonchev–Trinajstić information content (AvgIpc) is 3.14. The third kappa shape index (κ3) is 3.65. The van der Waals surface area contributed by atoms with Crippen LogP contribution < -0.4 is 0 Å². The molecule has 1 atom stereocenters. The van der Waals surface area contributed by atoms with Crippen LogP contribution in [-0.2, 0) is 6.42 Å². The van der Waals surface area contributed by atoms with Gasteiger partial charge in [0.2, 0.25) is 0 Å². The molecule has 0 radical (unpaired) electrons. The van der Waals surface area contributed by atoms with Gasteiger partial charge in [-0.1, -0.05) is 36.0 Å². The van der Waals surface area contributed by atoms with Gasteiger partial charge in [0.1, 0.15) is 5.01 Å². The summed E-state index contributed by atoms with van der Waals surface area (Å²) >= 11 is 3.07. The second-order valence-electron chi connectivity index (χ2n) is 5.56. The molecular weight excluding hydrogens is 298 g/mol. The highest BCUT2D eigenvalue weighted by atomic mass is 32.2. The molecule has 0 saturated carbocycles. The first-order valence-electron chi connectivity index (χ1n) is 7.47. The Labute approximate surface area is 135 Å². The van der Waals surface area contributed by atoms with Gasteiger partial charge in [0.25, 0.3) is 0 Å². The van der Waals surface area contributed by atoms with E-state index in [0.717, 1.165) is 22.6 Å². The average molecular weight is 319 g/mol. The van der Waals surface area contributed by atoms with E-state index in [1.54, 1.807) is 11.8 Å². The molecule has 1 aromatic heterocycles. The van der Waals surface area contributed by atoms with E-state index < -0.39 is 0 Å². The van der Waals surface area contributed by atoms with Gasteiger partial charge in [0.15, 0.2) is 5.16 Å². The van der Waals surface area contributed by atoms with Crippen LogP contribution in [0, 0.1) is 0 Å². The van der Waals surface area contributed by atoms with Gasteiger partial charge in [-0.15, -0.1) is 0 Å². The first-order valence-corrected chi connectivity index (χ1v) is 9.47. The van der Waals surface area contributed by atoms with Crippen molar-refractivity contribution in [3.8, 4) is 10.6 Å². The fraction of sp³-hybridized carbons (Fsp3) is 0.500. The SMILES string of the molecule is CSc1nsc(-c2ccc(CCN3CCCC3C)cc2)n1. The van der Waals surface area contributed by atoms with Crippen LogP contribution >= 0.6 is 23.3 Å². The lowest BCUT2D eigenvalue weighted by Crippen LogP contribution is -2.28. The molecular formula is C16H21N3S2. The van der Waals surface area contributed by atoms with Crippen LogP contribution in [0.5, 0.6) is 0 Å². The van der Waals surface area contributed by atoms with Crippen LogP contribution in [0.1, 0.15) is 25.3 Å².